The van der Waals surface area contributed by atoms with Crippen molar-refractivity contribution < 1.29 is 13.2 Å². The summed E-state index contributed by atoms with van der Waals surface area (Å²) >= 11 is 0. The Kier molecular flexibility index (Phi) is 5.64. The second kappa shape index (κ2) is 8.31. The molecule has 2 aromatic carbocycles. The van der Waals surface area contributed by atoms with Crippen LogP contribution in [0.3, 0.4) is 0 Å². The Morgan fingerprint density at radius 2 is 1.69 bits per heavy atom. The van der Waals surface area contributed by atoms with E-state index in [1.54, 1.807) is 18.2 Å². The minimum atomic E-state index is -3.83. The van der Waals surface area contributed by atoms with Gasteiger partial charge in [0.1, 0.15) is 5.69 Å². The Morgan fingerprint density at radius 1 is 1.00 bits per heavy atom. The number of anilines is 3. The zero-order valence-electron chi connectivity index (χ0n) is 14.9. The van der Waals surface area contributed by atoms with Crippen LogP contribution in [0.15, 0.2) is 76.0 Å². The highest BCUT2D eigenvalue weighted by Gasteiger charge is 2.15. The van der Waals surface area contributed by atoms with Crippen molar-refractivity contribution in [2.24, 2.45) is 16.0 Å². The van der Waals surface area contributed by atoms with Crippen LogP contribution in [0.25, 0.3) is 0 Å². The lowest BCUT2D eigenvalue weighted by Crippen LogP contribution is -2.19. The minimum absolute atomic E-state index is 0.0188. The first-order chi connectivity index (χ1) is 13.8. The lowest BCUT2D eigenvalue weighted by atomic mass is 10.2. The number of primary amides is 1. The molecule has 0 saturated heterocycles. The summed E-state index contributed by atoms with van der Waals surface area (Å²) in [6.45, 7) is 0. The molecule has 0 bridgehead atoms. The van der Waals surface area contributed by atoms with Crippen molar-refractivity contribution in [2.45, 2.75) is 4.90 Å². The van der Waals surface area contributed by atoms with E-state index in [0.29, 0.717) is 17.1 Å². The first-order valence-corrected chi connectivity index (χ1v) is 9.59. The molecule has 6 N–H and O–H groups in total. The highest BCUT2D eigenvalue weighted by Crippen LogP contribution is 2.28. The van der Waals surface area contributed by atoms with Crippen LogP contribution < -0.4 is 21.5 Å². The molecule has 1 aromatic heterocycles. The Labute approximate surface area is 165 Å². The number of benzene rings is 2. The van der Waals surface area contributed by atoms with Gasteiger partial charge in [0.05, 0.1) is 16.3 Å². The summed E-state index contributed by atoms with van der Waals surface area (Å²) in [7, 11) is -3.83. The summed E-state index contributed by atoms with van der Waals surface area (Å²) < 4.78 is 27.0. The van der Waals surface area contributed by atoms with Gasteiger partial charge in [-0.1, -0.05) is 0 Å². The molecule has 3 aromatic rings. The second-order valence-corrected chi connectivity index (χ2v) is 7.32. The van der Waals surface area contributed by atoms with Gasteiger partial charge in [-0.25, -0.2) is 27.9 Å². The molecule has 0 unspecified atom stereocenters. The van der Waals surface area contributed by atoms with Crippen molar-refractivity contribution in [2.75, 3.05) is 15.8 Å². The Bertz CT molecular complexity index is 1150. The molecular formula is C17H16N8O3S. The zero-order valence-corrected chi connectivity index (χ0v) is 15.7. The van der Waals surface area contributed by atoms with Gasteiger partial charge < -0.3 is 16.8 Å². The van der Waals surface area contributed by atoms with Gasteiger partial charge >= 0.3 is 6.03 Å². The minimum Gasteiger partial charge on any atom is -0.397 e. The third kappa shape index (κ3) is 5.23. The van der Waals surface area contributed by atoms with Gasteiger partial charge in [-0.2, -0.15) is 5.11 Å². The van der Waals surface area contributed by atoms with E-state index in [9.17, 15) is 13.2 Å². The van der Waals surface area contributed by atoms with E-state index in [4.69, 9.17) is 11.5 Å². The van der Waals surface area contributed by atoms with Crippen LogP contribution >= 0.6 is 0 Å². The van der Waals surface area contributed by atoms with Crippen molar-refractivity contribution in [3.8, 4) is 0 Å². The number of rotatable bonds is 6. The fraction of sp³-hybridized carbons (Fsp3) is 0. The monoisotopic (exact) mass is 412 g/mol. The average Bonchev–Trinajstić information content (AvgIpc) is 2.68. The van der Waals surface area contributed by atoms with Gasteiger partial charge in [-0.05, 0) is 48.5 Å². The van der Waals surface area contributed by atoms with Crippen LogP contribution in [0.4, 0.5) is 33.5 Å². The molecular weight excluding hydrogens is 396 g/mol. The van der Waals surface area contributed by atoms with Gasteiger partial charge in [0.15, 0.2) is 0 Å². The lowest BCUT2D eigenvalue weighted by Gasteiger charge is -2.06. The molecule has 0 aliphatic carbocycles. The summed E-state index contributed by atoms with van der Waals surface area (Å²) in [5.41, 5.74) is 12.4. The summed E-state index contributed by atoms with van der Waals surface area (Å²) in [6.07, 6.45) is 2.85. The first kappa shape index (κ1) is 19.7. The highest BCUT2D eigenvalue weighted by molar-refractivity contribution is 7.92. The topological polar surface area (TPSA) is 178 Å². The van der Waals surface area contributed by atoms with E-state index in [-0.39, 0.29) is 16.5 Å². The number of nitrogens with zero attached hydrogens (tertiary/aromatic N) is 4. The number of nitrogen functional groups attached to an aromatic ring is 1. The van der Waals surface area contributed by atoms with E-state index in [2.05, 4.69) is 30.2 Å². The number of nitrogens with one attached hydrogen (secondary N) is 2. The molecule has 0 saturated carbocycles. The molecule has 0 aliphatic rings. The normalized spacial score (nSPS) is 11.3. The number of carbonyl (C=O) groups excluding carboxylic acids is 1. The van der Waals surface area contributed by atoms with Gasteiger partial charge in [0.2, 0.25) is 5.95 Å². The SMILES string of the molecule is NC(=O)Nc1ccc(N=Nc2ccc(S(=O)(=O)Nc3ncccn3)cc2)c(N)c1. The maximum Gasteiger partial charge on any atom is 0.316 e. The van der Waals surface area contributed by atoms with Gasteiger partial charge in [0.25, 0.3) is 10.0 Å². The van der Waals surface area contributed by atoms with Crippen LogP contribution in [0.5, 0.6) is 0 Å². The number of carbonyl (C=O) groups is 1. The molecule has 12 heteroatoms. The first-order valence-electron chi connectivity index (χ1n) is 8.11. The predicted molar refractivity (Wildman–Crippen MR) is 108 cm³/mol. The third-order valence-corrected chi connectivity index (χ3v) is 4.85. The van der Waals surface area contributed by atoms with Crippen LogP contribution in [-0.4, -0.2) is 24.4 Å². The molecule has 29 heavy (non-hydrogen) atoms. The number of nitrogens with two attached hydrogens (primary N) is 2. The number of azo groups is 1. The smallest absolute Gasteiger partial charge is 0.316 e. The van der Waals surface area contributed by atoms with Crippen molar-refractivity contribution in [3.05, 3.63) is 60.9 Å². The quantitative estimate of drug-likeness (QED) is 0.357. The molecule has 0 radical (unpaired) electrons. The molecule has 0 atom stereocenters. The van der Waals surface area contributed by atoms with E-state index in [1.165, 1.54) is 42.7 Å². The molecule has 2 amide bonds. The molecule has 3 rings (SSSR count). The maximum absolute atomic E-state index is 12.3. The fourth-order valence-electron chi connectivity index (χ4n) is 2.20. The maximum atomic E-state index is 12.3. The Balaban J connectivity index is 1.73. The molecule has 11 nitrogen and oxygen atoms in total. The predicted octanol–water partition coefficient (Wildman–Crippen LogP) is 2.77. The third-order valence-electron chi connectivity index (χ3n) is 3.51. The molecule has 1 heterocycles. The van der Waals surface area contributed by atoms with Gasteiger partial charge in [-0.15, -0.1) is 5.11 Å². The highest BCUT2D eigenvalue weighted by atomic mass is 32.2. The van der Waals surface area contributed by atoms with Gasteiger partial charge in [-0.3, -0.25) is 0 Å². The standard InChI is InChI=1S/C17H16N8O3S/c18-14-10-12(22-16(19)26)4-7-15(14)24-23-11-2-5-13(6-3-11)29(27,28)25-17-20-8-1-9-21-17/h1-10H,18H2,(H3,19,22,26)(H,20,21,25). The summed E-state index contributed by atoms with van der Waals surface area (Å²) in [6, 6.07) is 11.2. The fourth-order valence-corrected chi connectivity index (χ4v) is 3.16. The summed E-state index contributed by atoms with van der Waals surface area (Å²) in [5.74, 6) is -0.0268. The Hall–Kier alpha value is -4.06. The number of urea groups is 1. The van der Waals surface area contributed by atoms with E-state index < -0.39 is 16.1 Å². The van der Waals surface area contributed by atoms with E-state index in [1.807, 2.05) is 0 Å². The van der Waals surface area contributed by atoms with Crippen LogP contribution in [0, 0.1) is 0 Å². The molecule has 0 spiro atoms. The van der Waals surface area contributed by atoms with Crippen molar-refractivity contribution in [1.82, 2.24) is 9.97 Å². The zero-order chi connectivity index (χ0) is 20.9. The number of hydrogen-bond acceptors (Lipinski definition) is 8. The molecule has 0 aliphatic heterocycles. The van der Waals surface area contributed by atoms with Crippen molar-refractivity contribution in [3.63, 3.8) is 0 Å². The summed E-state index contributed by atoms with van der Waals surface area (Å²) in [4.78, 5) is 18.5. The van der Waals surface area contributed by atoms with Crippen molar-refractivity contribution >= 4 is 44.8 Å². The number of sulfonamides is 1. The van der Waals surface area contributed by atoms with Crippen LogP contribution in [0.1, 0.15) is 0 Å². The second-order valence-electron chi connectivity index (χ2n) is 5.63. The summed E-state index contributed by atoms with van der Waals surface area (Å²) in [5, 5.41) is 10.5. The molecule has 148 valence electrons. The number of amides is 2. The number of aromatic nitrogens is 2. The molecule has 0 fully saturated rings. The van der Waals surface area contributed by atoms with E-state index in [0.717, 1.165) is 0 Å². The number of hydrogen-bond donors (Lipinski definition) is 4. The largest absolute Gasteiger partial charge is 0.397 e. The van der Waals surface area contributed by atoms with Gasteiger partial charge in [0, 0.05) is 18.1 Å². The average molecular weight is 412 g/mol. The lowest BCUT2D eigenvalue weighted by molar-refractivity contribution is 0.259. The van der Waals surface area contributed by atoms with Crippen LogP contribution in [0.2, 0.25) is 0 Å². The van der Waals surface area contributed by atoms with Crippen LogP contribution in [-0.2, 0) is 10.0 Å². The van der Waals surface area contributed by atoms with Crippen molar-refractivity contribution in [1.29, 1.82) is 0 Å². The Morgan fingerprint density at radius 3 is 2.31 bits per heavy atom. The van der Waals surface area contributed by atoms with E-state index >= 15 is 0 Å².